The number of carbonyl (C=O) groups excluding carboxylic acids is 2. The minimum atomic E-state index is -3.75. The van der Waals surface area contributed by atoms with Crippen LogP contribution in [0.4, 0.5) is 0 Å². The monoisotopic (exact) mass is 417 g/mol. The van der Waals surface area contributed by atoms with E-state index in [0.29, 0.717) is 17.7 Å². The van der Waals surface area contributed by atoms with Crippen LogP contribution in [-0.4, -0.2) is 39.5 Å². The van der Waals surface area contributed by atoms with E-state index >= 15 is 0 Å². The number of sulfonamides is 1. The van der Waals surface area contributed by atoms with E-state index in [-0.39, 0.29) is 29.7 Å². The van der Waals surface area contributed by atoms with Crippen molar-refractivity contribution >= 4 is 21.8 Å². The van der Waals surface area contributed by atoms with Gasteiger partial charge in [0.1, 0.15) is 0 Å². The summed E-state index contributed by atoms with van der Waals surface area (Å²) in [6.45, 7) is 1.02. The molecule has 0 aliphatic carbocycles. The summed E-state index contributed by atoms with van der Waals surface area (Å²) in [5.41, 5.74) is 6.53. The van der Waals surface area contributed by atoms with E-state index in [2.05, 4.69) is 10.0 Å². The van der Waals surface area contributed by atoms with Crippen molar-refractivity contribution in [2.45, 2.75) is 30.4 Å². The quantitative estimate of drug-likeness (QED) is 0.594. The average molecular weight is 417 g/mol. The molecule has 2 amide bonds. The fourth-order valence-corrected chi connectivity index (χ4v) is 4.13. The Labute approximate surface area is 169 Å². The summed E-state index contributed by atoms with van der Waals surface area (Å²) in [7, 11) is -3.75. The summed E-state index contributed by atoms with van der Waals surface area (Å²) >= 11 is 0. The van der Waals surface area contributed by atoms with E-state index in [9.17, 15) is 18.0 Å². The first-order valence-electron chi connectivity index (χ1n) is 9.23. The van der Waals surface area contributed by atoms with Crippen LogP contribution in [0.25, 0.3) is 0 Å². The highest BCUT2D eigenvalue weighted by atomic mass is 32.2. The summed E-state index contributed by atoms with van der Waals surface area (Å²) in [5, 5.41) is 2.71. The number of ether oxygens (including phenoxy) is 1. The number of primary amides is 1. The van der Waals surface area contributed by atoms with Gasteiger partial charge in [0.05, 0.1) is 11.0 Å². The van der Waals surface area contributed by atoms with E-state index in [0.717, 1.165) is 12.8 Å². The first-order valence-corrected chi connectivity index (χ1v) is 10.7. The van der Waals surface area contributed by atoms with Crippen molar-refractivity contribution in [3.8, 4) is 0 Å². The van der Waals surface area contributed by atoms with E-state index in [1.807, 2.05) is 0 Å². The Morgan fingerprint density at radius 2 is 1.86 bits per heavy atom. The Bertz CT molecular complexity index is 1000. The second-order valence-corrected chi connectivity index (χ2v) is 8.53. The minimum absolute atomic E-state index is 0.0128. The maximum absolute atomic E-state index is 12.5. The minimum Gasteiger partial charge on any atom is -0.377 e. The lowest BCUT2D eigenvalue weighted by Crippen LogP contribution is -2.32. The second-order valence-electron chi connectivity index (χ2n) is 6.76. The summed E-state index contributed by atoms with van der Waals surface area (Å²) < 4.78 is 33.0. The molecule has 2 aromatic carbocycles. The van der Waals surface area contributed by atoms with Crippen molar-refractivity contribution in [2.75, 3.05) is 13.2 Å². The standard InChI is InChI=1S/C20H23N3O5S/c21-19(24)15-5-1-4-14(10-15)12-22-20(25)16-6-2-8-18(11-16)29(26,27)23-13-17-7-3-9-28-17/h1-2,4-6,8,10-11,17,23H,3,7,9,12-13H2,(H2,21,24)(H,22,25). The molecule has 1 saturated heterocycles. The Balaban J connectivity index is 1.64. The smallest absolute Gasteiger partial charge is 0.251 e. The molecule has 0 saturated carbocycles. The molecule has 4 N–H and O–H groups in total. The number of nitrogens with one attached hydrogen (secondary N) is 2. The number of rotatable bonds is 8. The number of hydrogen-bond donors (Lipinski definition) is 3. The molecule has 0 bridgehead atoms. The van der Waals surface area contributed by atoms with Crippen LogP contribution in [0.5, 0.6) is 0 Å². The lowest BCUT2D eigenvalue weighted by atomic mass is 10.1. The van der Waals surface area contributed by atoms with E-state index in [1.165, 1.54) is 24.3 Å². The number of hydrogen-bond acceptors (Lipinski definition) is 5. The largest absolute Gasteiger partial charge is 0.377 e. The first-order chi connectivity index (χ1) is 13.8. The van der Waals surface area contributed by atoms with Crippen LogP contribution in [0.15, 0.2) is 53.4 Å². The number of nitrogens with two attached hydrogens (primary N) is 1. The molecule has 154 valence electrons. The Morgan fingerprint density at radius 3 is 2.59 bits per heavy atom. The van der Waals surface area contributed by atoms with Gasteiger partial charge >= 0.3 is 0 Å². The molecule has 9 heteroatoms. The molecule has 1 heterocycles. The van der Waals surface area contributed by atoms with Crippen molar-refractivity contribution in [1.82, 2.24) is 10.0 Å². The molecule has 2 aromatic rings. The fourth-order valence-electron chi connectivity index (χ4n) is 3.01. The number of amides is 2. The van der Waals surface area contributed by atoms with Crippen molar-refractivity contribution in [1.29, 1.82) is 0 Å². The summed E-state index contributed by atoms with van der Waals surface area (Å²) in [6, 6.07) is 12.4. The van der Waals surface area contributed by atoms with Crippen LogP contribution in [-0.2, 0) is 21.3 Å². The molecule has 0 radical (unpaired) electrons. The van der Waals surface area contributed by atoms with E-state index in [4.69, 9.17) is 10.5 Å². The molecule has 1 atom stereocenters. The molecule has 1 fully saturated rings. The van der Waals surface area contributed by atoms with E-state index in [1.54, 1.807) is 24.3 Å². The Morgan fingerprint density at radius 1 is 1.10 bits per heavy atom. The zero-order valence-electron chi connectivity index (χ0n) is 15.8. The molecular weight excluding hydrogens is 394 g/mol. The highest BCUT2D eigenvalue weighted by molar-refractivity contribution is 7.89. The van der Waals surface area contributed by atoms with Crippen LogP contribution in [0.3, 0.4) is 0 Å². The van der Waals surface area contributed by atoms with Crippen molar-refractivity contribution in [3.05, 3.63) is 65.2 Å². The maximum Gasteiger partial charge on any atom is 0.251 e. The molecule has 3 rings (SSSR count). The zero-order chi connectivity index (χ0) is 20.9. The fraction of sp³-hybridized carbons (Fsp3) is 0.300. The van der Waals surface area contributed by atoms with Crippen LogP contribution in [0.2, 0.25) is 0 Å². The normalized spacial score (nSPS) is 16.5. The number of carbonyl (C=O) groups is 2. The second kappa shape index (κ2) is 9.17. The molecule has 1 unspecified atom stereocenters. The third-order valence-electron chi connectivity index (χ3n) is 4.60. The summed E-state index contributed by atoms with van der Waals surface area (Å²) in [4.78, 5) is 23.7. The summed E-state index contributed by atoms with van der Waals surface area (Å²) in [5.74, 6) is -0.975. The van der Waals surface area contributed by atoms with E-state index < -0.39 is 21.8 Å². The predicted molar refractivity (Wildman–Crippen MR) is 107 cm³/mol. The molecule has 0 aromatic heterocycles. The SMILES string of the molecule is NC(=O)c1cccc(CNC(=O)c2cccc(S(=O)(=O)NCC3CCCO3)c2)c1. The van der Waals surface area contributed by atoms with Gasteiger partial charge in [-0.2, -0.15) is 0 Å². The van der Waals surface area contributed by atoms with Gasteiger partial charge < -0.3 is 15.8 Å². The highest BCUT2D eigenvalue weighted by Gasteiger charge is 2.21. The summed E-state index contributed by atoms with van der Waals surface area (Å²) in [6.07, 6.45) is 1.62. The molecule has 1 aliphatic rings. The van der Waals surface area contributed by atoms with Crippen LogP contribution < -0.4 is 15.8 Å². The maximum atomic E-state index is 12.5. The lowest BCUT2D eigenvalue weighted by Gasteiger charge is -2.12. The molecular formula is C20H23N3O5S. The van der Waals surface area contributed by atoms with Gasteiger partial charge in [-0.25, -0.2) is 13.1 Å². The van der Waals surface area contributed by atoms with Gasteiger partial charge in [0.2, 0.25) is 15.9 Å². The van der Waals surface area contributed by atoms with Crippen molar-refractivity contribution < 1.29 is 22.7 Å². The Kier molecular flexibility index (Phi) is 6.63. The molecule has 8 nitrogen and oxygen atoms in total. The van der Waals surface area contributed by atoms with Crippen LogP contribution in [0, 0.1) is 0 Å². The highest BCUT2D eigenvalue weighted by Crippen LogP contribution is 2.15. The van der Waals surface area contributed by atoms with Gasteiger partial charge in [0.15, 0.2) is 0 Å². The predicted octanol–water partition coefficient (Wildman–Crippen LogP) is 1.17. The van der Waals surface area contributed by atoms with Gasteiger partial charge in [0, 0.05) is 30.8 Å². The Hall–Kier alpha value is -2.75. The topological polar surface area (TPSA) is 128 Å². The third-order valence-corrected chi connectivity index (χ3v) is 6.02. The molecule has 29 heavy (non-hydrogen) atoms. The van der Waals surface area contributed by atoms with Crippen molar-refractivity contribution in [2.24, 2.45) is 5.73 Å². The molecule has 0 spiro atoms. The van der Waals surface area contributed by atoms with Crippen LogP contribution in [0.1, 0.15) is 39.1 Å². The zero-order valence-corrected chi connectivity index (χ0v) is 16.6. The number of benzene rings is 2. The lowest BCUT2D eigenvalue weighted by molar-refractivity contribution is 0.0950. The van der Waals surface area contributed by atoms with Crippen LogP contribution >= 0.6 is 0 Å². The van der Waals surface area contributed by atoms with Crippen molar-refractivity contribution in [3.63, 3.8) is 0 Å². The molecule has 1 aliphatic heterocycles. The van der Waals surface area contributed by atoms with Gasteiger partial charge in [0.25, 0.3) is 5.91 Å². The van der Waals surface area contributed by atoms with Gasteiger partial charge in [-0.1, -0.05) is 18.2 Å². The van der Waals surface area contributed by atoms with Gasteiger partial charge in [-0.05, 0) is 48.7 Å². The van der Waals surface area contributed by atoms with Gasteiger partial charge in [-0.15, -0.1) is 0 Å². The first kappa shape index (κ1) is 21.0. The van der Waals surface area contributed by atoms with Gasteiger partial charge in [-0.3, -0.25) is 9.59 Å². The average Bonchev–Trinajstić information content (AvgIpc) is 3.25. The third kappa shape index (κ3) is 5.63.